The molecule has 120 valence electrons. The summed E-state index contributed by atoms with van der Waals surface area (Å²) in [5, 5.41) is 0. The molecule has 3 rings (SSSR count). The Bertz CT molecular complexity index is 751. The van der Waals surface area contributed by atoms with Gasteiger partial charge in [0, 0.05) is 0 Å². The summed E-state index contributed by atoms with van der Waals surface area (Å²) in [5.74, 6) is 0.455. The van der Waals surface area contributed by atoms with E-state index in [1.165, 1.54) is 16.7 Å². The SMILES string of the molecule is Cc1cc(C(=O)Oc2cccc3c2CCC3)ccc1C(C)(C)C. The van der Waals surface area contributed by atoms with E-state index < -0.39 is 0 Å². The zero-order valence-corrected chi connectivity index (χ0v) is 14.4. The highest BCUT2D eigenvalue weighted by molar-refractivity contribution is 5.91. The average Bonchev–Trinajstić information content (AvgIpc) is 2.95. The van der Waals surface area contributed by atoms with Crippen LogP contribution in [-0.2, 0) is 18.3 Å². The molecule has 1 aliphatic rings. The van der Waals surface area contributed by atoms with Crippen molar-refractivity contribution in [3.63, 3.8) is 0 Å². The molecule has 0 bridgehead atoms. The molecule has 0 fully saturated rings. The second-order valence-electron chi connectivity index (χ2n) is 7.42. The van der Waals surface area contributed by atoms with Gasteiger partial charge in [0.1, 0.15) is 5.75 Å². The standard InChI is InChI=1S/C21H24O2/c1-14-13-16(11-12-18(14)21(2,3)4)20(22)23-19-10-6-8-15-7-5-9-17(15)19/h6,8,10-13H,5,7,9H2,1-4H3. The fraction of sp³-hybridized carbons (Fsp3) is 0.381. The molecular formula is C21H24O2. The predicted molar refractivity (Wildman–Crippen MR) is 93.3 cm³/mol. The monoisotopic (exact) mass is 308 g/mol. The van der Waals surface area contributed by atoms with E-state index in [0.29, 0.717) is 5.56 Å². The number of hydrogen-bond donors (Lipinski definition) is 0. The van der Waals surface area contributed by atoms with Crippen molar-refractivity contribution in [3.05, 3.63) is 64.2 Å². The quantitative estimate of drug-likeness (QED) is 0.576. The molecular weight excluding hydrogens is 284 g/mol. The van der Waals surface area contributed by atoms with Gasteiger partial charge in [-0.25, -0.2) is 4.79 Å². The lowest BCUT2D eigenvalue weighted by atomic mass is 9.83. The summed E-state index contributed by atoms with van der Waals surface area (Å²) in [4.78, 5) is 12.5. The van der Waals surface area contributed by atoms with Gasteiger partial charge in [0.15, 0.2) is 0 Å². The van der Waals surface area contributed by atoms with Gasteiger partial charge in [-0.05, 0) is 72.1 Å². The maximum Gasteiger partial charge on any atom is 0.343 e. The Morgan fingerprint density at radius 2 is 1.87 bits per heavy atom. The molecule has 2 aromatic rings. The van der Waals surface area contributed by atoms with Crippen LogP contribution in [0.5, 0.6) is 5.75 Å². The second kappa shape index (κ2) is 5.84. The van der Waals surface area contributed by atoms with Crippen molar-refractivity contribution >= 4 is 5.97 Å². The minimum Gasteiger partial charge on any atom is -0.423 e. The molecule has 0 amide bonds. The number of aryl methyl sites for hydroxylation is 2. The molecule has 0 aromatic heterocycles. The number of carbonyl (C=O) groups excluding carboxylic acids is 1. The number of esters is 1. The minimum absolute atomic E-state index is 0.0762. The number of fused-ring (bicyclic) bond motifs is 1. The first-order valence-corrected chi connectivity index (χ1v) is 8.30. The van der Waals surface area contributed by atoms with Crippen molar-refractivity contribution in [1.29, 1.82) is 0 Å². The first-order valence-electron chi connectivity index (χ1n) is 8.30. The van der Waals surface area contributed by atoms with Crippen molar-refractivity contribution in [2.75, 3.05) is 0 Å². The fourth-order valence-corrected chi connectivity index (χ4v) is 3.47. The van der Waals surface area contributed by atoms with Crippen molar-refractivity contribution in [1.82, 2.24) is 0 Å². The van der Waals surface area contributed by atoms with Gasteiger partial charge in [-0.15, -0.1) is 0 Å². The van der Waals surface area contributed by atoms with Gasteiger partial charge in [0.25, 0.3) is 0 Å². The van der Waals surface area contributed by atoms with E-state index in [2.05, 4.69) is 33.8 Å². The lowest BCUT2D eigenvalue weighted by Gasteiger charge is -2.22. The molecule has 2 aromatic carbocycles. The zero-order valence-electron chi connectivity index (χ0n) is 14.4. The van der Waals surface area contributed by atoms with Crippen LogP contribution in [0.2, 0.25) is 0 Å². The minimum atomic E-state index is -0.270. The summed E-state index contributed by atoms with van der Waals surface area (Å²) in [6.45, 7) is 8.60. The third-order valence-corrected chi connectivity index (χ3v) is 4.58. The molecule has 0 unspecified atom stereocenters. The smallest absolute Gasteiger partial charge is 0.343 e. The van der Waals surface area contributed by atoms with E-state index in [-0.39, 0.29) is 11.4 Å². The normalized spacial score (nSPS) is 13.7. The van der Waals surface area contributed by atoms with Crippen molar-refractivity contribution in [2.24, 2.45) is 0 Å². The van der Waals surface area contributed by atoms with E-state index in [4.69, 9.17) is 4.74 Å². The molecule has 0 N–H and O–H groups in total. The summed E-state index contributed by atoms with van der Waals surface area (Å²) in [5.41, 5.74) is 5.59. The number of carbonyl (C=O) groups is 1. The molecule has 0 saturated heterocycles. The van der Waals surface area contributed by atoms with Gasteiger partial charge >= 0.3 is 5.97 Å². The van der Waals surface area contributed by atoms with E-state index in [1.54, 1.807) is 0 Å². The molecule has 0 heterocycles. The topological polar surface area (TPSA) is 26.3 Å². The fourth-order valence-electron chi connectivity index (χ4n) is 3.47. The number of benzene rings is 2. The predicted octanol–water partition coefficient (Wildman–Crippen LogP) is 5.00. The third kappa shape index (κ3) is 3.17. The first-order chi connectivity index (χ1) is 10.9. The highest BCUT2D eigenvalue weighted by atomic mass is 16.5. The Labute approximate surface area is 138 Å². The van der Waals surface area contributed by atoms with Crippen LogP contribution in [0.15, 0.2) is 36.4 Å². The lowest BCUT2D eigenvalue weighted by molar-refractivity contribution is 0.0733. The van der Waals surface area contributed by atoms with Gasteiger partial charge in [-0.2, -0.15) is 0 Å². The molecule has 1 aliphatic carbocycles. The highest BCUT2D eigenvalue weighted by Crippen LogP contribution is 2.31. The Hall–Kier alpha value is -2.09. The van der Waals surface area contributed by atoms with Crippen LogP contribution in [0.3, 0.4) is 0 Å². The van der Waals surface area contributed by atoms with Crippen LogP contribution in [0.25, 0.3) is 0 Å². The molecule has 0 saturated carbocycles. The third-order valence-electron chi connectivity index (χ3n) is 4.58. The van der Waals surface area contributed by atoms with E-state index in [1.807, 2.05) is 30.3 Å². The molecule has 2 nitrogen and oxygen atoms in total. The molecule has 0 atom stereocenters. The average molecular weight is 308 g/mol. The highest BCUT2D eigenvalue weighted by Gasteiger charge is 2.20. The van der Waals surface area contributed by atoms with Crippen molar-refractivity contribution in [3.8, 4) is 5.75 Å². The van der Waals surface area contributed by atoms with Gasteiger partial charge in [-0.1, -0.05) is 39.0 Å². The van der Waals surface area contributed by atoms with Crippen molar-refractivity contribution < 1.29 is 9.53 Å². The zero-order chi connectivity index (χ0) is 16.6. The van der Waals surface area contributed by atoms with Crippen LogP contribution in [0, 0.1) is 6.92 Å². The van der Waals surface area contributed by atoms with Crippen LogP contribution in [0.1, 0.15) is 59.8 Å². The van der Waals surface area contributed by atoms with Gasteiger partial charge in [0.2, 0.25) is 0 Å². The summed E-state index contributed by atoms with van der Waals surface area (Å²) < 4.78 is 5.68. The summed E-state index contributed by atoms with van der Waals surface area (Å²) in [6, 6.07) is 11.9. The second-order valence-corrected chi connectivity index (χ2v) is 7.42. The summed E-state index contributed by atoms with van der Waals surface area (Å²) in [6.07, 6.45) is 3.23. The van der Waals surface area contributed by atoms with E-state index in [0.717, 1.165) is 30.6 Å². The number of ether oxygens (including phenoxy) is 1. The molecule has 0 radical (unpaired) electrons. The molecule has 23 heavy (non-hydrogen) atoms. The maximum atomic E-state index is 12.5. The van der Waals surface area contributed by atoms with E-state index in [9.17, 15) is 4.79 Å². The van der Waals surface area contributed by atoms with Crippen LogP contribution in [-0.4, -0.2) is 5.97 Å². The Morgan fingerprint density at radius 1 is 1.09 bits per heavy atom. The van der Waals surface area contributed by atoms with E-state index >= 15 is 0 Å². The van der Waals surface area contributed by atoms with Gasteiger partial charge in [0.05, 0.1) is 5.56 Å². The van der Waals surface area contributed by atoms with Gasteiger partial charge < -0.3 is 4.74 Å². The Balaban J connectivity index is 1.85. The molecule has 0 aliphatic heterocycles. The molecule has 0 spiro atoms. The maximum absolute atomic E-state index is 12.5. The first kappa shape index (κ1) is 15.8. The molecule has 2 heteroatoms. The van der Waals surface area contributed by atoms with Gasteiger partial charge in [-0.3, -0.25) is 0 Å². The summed E-state index contributed by atoms with van der Waals surface area (Å²) in [7, 11) is 0. The van der Waals surface area contributed by atoms with Crippen LogP contribution in [0.4, 0.5) is 0 Å². The number of hydrogen-bond acceptors (Lipinski definition) is 2. The lowest BCUT2D eigenvalue weighted by Crippen LogP contribution is -2.15. The number of rotatable bonds is 2. The largest absolute Gasteiger partial charge is 0.423 e. The summed E-state index contributed by atoms with van der Waals surface area (Å²) >= 11 is 0. The van der Waals surface area contributed by atoms with Crippen LogP contribution >= 0.6 is 0 Å². The van der Waals surface area contributed by atoms with Crippen LogP contribution < -0.4 is 4.74 Å². The van der Waals surface area contributed by atoms with Crippen molar-refractivity contribution in [2.45, 2.75) is 52.4 Å². The Morgan fingerprint density at radius 3 is 2.57 bits per heavy atom. The Kier molecular flexibility index (Phi) is 4.01.